The third-order valence-corrected chi connectivity index (χ3v) is 3.71. The SMILES string of the molecule is C=C(C)C(=O)OCCOC(=O)/C=C(/C)O.C=C(C)C(=O)OCCOC(=O)/C=C(/C)O.C=C(C)C(=O)OCCOC(=O)/C=C(/C)O.[Fe]. The summed E-state index contributed by atoms with van der Waals surface area (Å²) in [5.74, 6) is -4.04. The number of allylic oxidation sites excluding steroid dienone is 3. The van der Waals surface area contributed by atoms with Crippen LogP contribution < -0.4 is 0 Å². The number of aliphatic hydroxyl groups excluding tert-OH is 3. The first-order valence-electron chi connectivity index (χ1n) is 12.9. The van der Waals surface area contributed by atoms with Crippen molar-refractivity contribution in [2.75, 3.05) is 39.6 Å². The van der Waals surface area contributed by atoms with Crippen LogP contribution in [-0.4, -0.2) is 90.8 Å². The maximum Gasteiger partial charge on any atom is 0.334 e. The van der Waals surface area contributed by atoms with E-state index in [2.05, 4.69) is 48.2 Å². The van der Waals surface area contributed by atoms with E-state index in [0.29, 0.717) is 0 Å². The van der Waals surface area contributed by atoms with Crippen molar-refractivity contribution < 1.29 is 89.6 Å². The molecular weight excluding hydrogens is 656 g/mol. The summed E-state index contributed by atoms with van der Waals surface area (Å²) in [5, 5.41) is 26.1. The molecule has 0 spiro atoms. The van der Waals surface area contributed by atoms with Gasteiger partial charge in [-0.15, -0.1) is 0 Å². The fraction of sp³-hybridized carbons (Fsp3) is 0.400. The zero-order valence-corrected chi connectivity index (χ0v) is 27.8. The zero-order valence-electron chi connectivity index (χ0n) is 26.7. The Kier molecular flexibility index (Phi) is 30.2. The first-order valence-corrected chi connectivity index (χ1v) is 12.9. The second kappa shape index (κ2) is 28.9. The molecule has 0 amide bonds. The van der Waals surface area contributed by atoms with Gasteiger partial charge in [-0.25, -0.2) is 28.8 Å². The van der Waals surface area contributed by atoms with Crippen LogP contribution in [0, 0.1) is 0 Å². The molecule has 0 atom stereocenters. The van der Waals surface area contributed by atoms with Crippen molar-refractivity contribution in [3.63, 3.8) is 0 Å². The third-order valence-electron chi connectivity index (χ3n) is 3.71. The molecule has 0 rings (SSSR count). The van der Waals surface area contributed by atoms with Gasteiger partial charge in [0.2, 0.25) is 0 Å². The molecule has 0 aliphatic carbocycles. The van der Waals surface area contributed by atoms with E-state index < -0.39 is 35.8 Å². The smallest absolute Gasteiger partial charge is 0.334 e. The van der Waals surface area contributed by atoms with Crippen molar-refractivity contribution in [1.82, 2.24) is 0 Å². The summed E-state index contributed by atoms with van der Waals surface area (Å²) in [4.78, 5) is 65.0. The van der Waals surface area contributed by atoms with E-state index in [1.54, 1.807) is 0 Å². The average molecular weight is 698 g/mol. The first-order chi connectivity index (χ1) is 20.8. The van der Waals surface area contributed by atoms with Crippen molar-refractivity contribution in [2.24, 2.45) is 0 Å². The summed E-state index contributed by atoms with van der Waals surface area (Å²) in [7, 11) is 0. The molecule has 0 radical (unpaired) electrons. The molecule has 46 heavy (non-hydrogen) atoms. The van der Waals surface area contributed by atoms with Crippen LogP contribution in [0.2, 0.25) is 0 Å². The summed E-state index contributed by atoms with van der Waals surface area (Å²) in [6.45, 7) is 18.5. The molecule has 0 saturated heterocycles. The van der Waals surface area contributed by atoms with Crippen LogP contribution in [0.1, 0.15) is 41.5 Å². The molecule has 0 aromatic rings. The van der Waals surface area contributed by atoms with Gasteiger partial charge in [0, 0.05) is 33.8 Å². The molecule has 0 unspecified atom stereocenters. The van der Waals surface area contributed by atoms with Crippen molar-refractivity contribution in [3.8, 4) is 0 Å². The maximum atomic E-state index is 10.9. The average Bonchev–Trinajstić information content (AvgIpc) is 2.90. The third kappa shape index (κ3) is 35.4. The quantitative estimate of drug-likeness (QED) is 0.0558. The predicted molar refractivity (Wildman–Crippen MR) is 159 cm³/mol. The number of hydrogen-bond acceptors (Lipinski definition) is 15. The summed E-state index contributed by atoms with van der Waals surface area (Å²) in [6, 6.07) is 0. The topological polar surface area (TPSA) is 218 Å². The maximum absolute atomic E-state index is 10.9. The van der Waals surface area contributed by atoms with Gasteiger partial charge in [-0.1, -0.05) is 19.7 Å². The van der Waals surface area contributed by atoms with Crippen LogP contribution in [0.15, 0.2) is 72.0 Å². The van der Waals surface area contributed by atoms with E-state index in [1.807, 2.05) is 0 Å². The summed E-state index contributed by atoms with van der Waals surface area (Å²) >= 11 is 0. The van der Waals surface area contributed by atoms with E-state index in [0.717, 1.165) is 18.2 Å². The molecular formula is C30H42FeO15. The summed E-state index contributed by atoms with van der Waals surface area (Å²) < 4.78 is 27.8. The number of carbonyl (C=O) groups excluding carboxylic acids is 6. The van der Waals surface area contributed by atoms with Crippen molar-refractivity contribution in [1.29, 1.82) is 0 Å². The van der Waals surface area contributed by atoms with E-state index in [9.17, 15) is 28.8 Å². The normalized spacial score (nSPS) is 10.4. The molecule has 0 bridgehead atoms. The van der Waals surface area contributed by atoms with Crippen molar-refractivity contribution in [2.45, 2.75) is 41.5 Å². The molecule has 3 N–H and O–H groups in total. The molecule has 0 aromatic carbocycles. The number of carbonyl (C=O) groups is 6. The fourth-order valence-corrected chi connectivity index (χ4v) is 1.84. The van der Waals surface area contributed by atoms with Gasteiger partial charge in [-0.2, -0.15) is 0 Å². The van der Waals surface area contributed by atoms with E-state index in [1.165, 1.54) is 41.5 Å². The Bertz CT molecular complexity index is 1010. The van der Waals surface area contributed by atoms with E-state index in [-0.39, 0.29) is 90.7 Å². The fourth-order valence-electron chi connectivity index (χ4n) is 1.84. The Balaban J connectivity index is -0.000000285. The van der Waals surface area contributed by atoms with Gasteiger partial charge in [0.15, 0.2) is 0 Å². The van der Waals surface area contributed by atoms with Gasteiger partial charge in [0.1, 0.15) is 39.6 Å². The van der Waals surface area contributed by atoms with Gasteiger partial charge in [-0.3, -0.25) is 0 Å². The molecule has 0 aromatic heterocycles. The monoisotopic (exact) mass is 698 g/mol. The number of ether oxygens (including phenoxy) is 6. The van der Waals surface area contributed by atoms with E-state index in [4.69, 9.17) is 15.3 Å². The Morgan fingerprint density at radius 2 is 0.609 bits per heavy atom. The number of aliphatic hydroxyl groups is 3. The second-order valence-electron chi connectivity index (χ2n) is 8.61. The van der Waals surface area contributed by atoms with Crippen molar-refractivity contribution in [3.05, 3.63) is 72.0 Å². The van der Waals surface area contributed by atoms with Crippen LogP contribution in [-0.2, 0) is 74.3 Å². The molecule has 0 fully saturated rings. The molecule has 260 valence electrons. The molecule has 0 aliphatic rings. The van der Waals surface area contributed by atoms with Gasteiger partial charge >= 0.3 is 35.8 Å². The molecule has 16 heteroatoms. The minimum absolute atomic E-state index is 0. The number of hydrogen-bond donors (Lipinski definition) is 3. The van der Waals surface area contributed by atoms with Crippen LogP contribution in [0.5, 0.6) is 0 Å². The molecule has 0 heterocycles. The Morgan fingerprint density at radius 1 is 0.435 bits per heavy atom. The Hall–Kier alpha value is -4.82. The summed E-state index contributed by atoms with van der Waals surface area (Å²) in [5.41, 5.74) is 0.854. The Labute approximate surface area is 278 Å². The Morgan fingerprint density at radius 3 is 0.761 bits per heavy atom. The number of rotatable bonds is 15. The predicted octanol–water partition coefficient (Wildman–Crippen LogP) is 3.33. The van der Waals surface area contributed by atoms with Crippen LogP contribution in [0.3, 0.4) is 0 Å². The molecule has 0 saturated carbocycles. The van der Waals surface area contributed by atoms with Crippen LogP contribution >= 0.6 is 0 Å². The second-order valence-corrected chi connectivity index (χ2v) is 8.61. The largest absolute Gasteiger partial charge is 0.512 e. The molecule has 0 aliphatic heterocycles. The number of esters is 6. The standard InChI is InChI=1S/3C10H14O5.Fe/c3*1-7(2)10(13)15-5-4-14-9(12)6-8(3)11;/h3*6,11H,1,4-5H2,2-3H3;/b3*8-6-;. The summed E-state index contributed by atoms with van der Waals surface area (Å²) in [6.07, 6.45) is 2.79. The van der Waals surface area contributed by atoms with Crippen molar-refractivity contribution >= 4 is 35.8 Å². The zero-order chi connectivity index (χ0) is 35.5. The van der Waals surface area contributed by atoms with Crippen LogP contribution in [0.4, 0.5) is 0 Å². The van der Waals surface area contributed by atoms with E-state index >= 15 is 0 Å². The minimum Gasteiger partial charge on any atom is -0.512 e. The minimum atomic E-state index is -0.679. The van der Waals surface area contributed by atoms with Gasteiger partial charge in [0.25, 0.3) is 0 Å². The van der Waals surface area contributed by atoms with Crippen LogP contribution in [0.25, 0.3) is 0 Å². The van der Waals surface area contributed by atoms with Gasteiger partial charge in [-0.05, 0) is 41.5 Å². The first kappa shape index (κ1) is 48.1. The molecule has 15 nitrogen and oxygen atoms in total. The van der Waals surface area contributed by atoms with Gasteiger partial charge in [0.05, 0.1) is 35.5 Å². The van der Waals surface area contributed by atoms with Gasteiger partial charge < -0.3 is 43.7 Å².